The number of nitrogens with one attached hydrogen (secondary N) is 1. The Kier molecular flexibility index (Phi) is 7.65. The average Bonchev–Trinajstić information content (AvgIpc) is 2.37. The lowest BCUT2D eigenvalue weighted by Crippen LogP contribution is -2.24. The quantitative estimate of drug-likeness (QED) is 0.583. The Morgan fingerprint density at radius 2 is 2.00 bits per heavy atom. The Bertz CT molecular complexity index is 369. The summed E-state index contributed by atoms with van der Waals surface area (Å²) >= 11 is 3.26. The minimum Gasteiger partial charge on any atom is -0.352 e. The SMILES string of the molecule is CCCCCCCCNC(=O)c1ccnc(Br)c1. The number of carbonyl (C=O) groups excluding carboxylic acids is 1. The van der Waals surface area contributed by atoms with Crippen molar-refractivity contribution in [2.24, 2.45) is 0 Å². The first-order valence-corrected chi connectivity index (χ1v) is 7.43. The van der Waals surface area contributed by atoms with Gasteiger partial charge in [-0.1, -0.05) is 39.0 Å². The fourth-order valence-corrected chi connectivity index (χ4v) is 2.12. The fourth-order valence-electron chi connectivity index (χ4n) is 1.75. The molecule has 0 aliphatic rings. The van der Waals surface area contributed by atoms with Crippen LogP contribution >= 0.6 is 15.9 Å². The molecule has 0 radical (unpaired) electrons. The van der Waals surface area contributed by atoms with E-state index in [0.29, 0.717) is 10.2 Å². The van der Waals surface area contributed by atoms with Gasteiger partial charge < -0.3 is 5.32 Å². The minimum absolute atomic E-state index is 0.0216. The standard InChI is InChI=1S/C14H21BrN2O/c1-2-3-4-5-6-7-9-17-14(18)12-8-10-16-13(15)11-12/h8,10-11H,2-7,9H2,1H3,(H,17,18). The lowest BCUT2D eigenvalue weighted by Gasteiger charge is -2.05. The van der Waals surface area contributed by atoms with Crippen molar-refractivity contribution in [2.75, 3.05) is 6.54 Å². The molecule has 1 rings (SSSR count). The number of hydrogen-bond acceptors (Lipinski definition) is 2. The van der Waals surface area contributed by atoms with Crippen molar-refractivity contribution in [3.63, 3.8) is 0 Å². The van der Waals surface area contributed by atoms with E-state index in [1.54, 1.807) is 18.3 Å². The Morgan fingerprint density at radius 1 is 1.28 bits per heavy atom. The van der Waals surface area contributed by atoms with Gasteiger partial charge in [-0.3, -0.25) is 4.79 Å². The number of aromatic nitrogens is 1. The molecule has 0 bridgehead atoms. The number of nitrogens with zero attached hydrogens (tertiary/aromatic N) is 1. The van der Waals surface area contributed by atoms with Crippen LogP contribution in [0.1, 0.15) is 55.8 Å². The highest BCUT2D eigenvalue weighted by Gasteiger charge is 2.04. The van der Waals surface area contributed by atoms with Crippen molar-refractivity contribution in [1.82, 2.24) is 10.3 Å². The molecule has 0 fully saturated rings. The zero-order valence-electron chi connectivity index (χ0n) is 10.9. The van der Waals surface area contributed by atoms with Crippen LogP contribution in [-0.4, -0.2) is 17.4 Å². The van der Waals surface area contributed by atoms with Gasteiger partial charge in [-0.2, -0.15) is 0 Å². The summed E-state index contributed by atoms with van der Waals surface area (Å²) in [6.07, 6.45) is 9.04. The van der Waals surface area contributed by atoms with E-state index in [2.05, 4.69) is 33.2 Å². The van der Waals surface area contributed by atoms with Gasteiger partial charge in [0.15, 0.2) is 0 Å². The van der Waals surface area contributed by atoms with E-state index in [-0.39, 0.29) is 5.91 Å². The van der Waals surface area contributed by atoms with Gasteiger partial charge in [0.25, 0.3) is 5.91 Å². The number of rotatable bonds is 8. The van der Waals surface area contributed by atoms with Gasteiger partial charge in [0.2, 0.25) is 0 Å². The first-order valence-electron chi connectivity index (χ1n) is 6.63. The molecule has 1 heterocycles. The Hall–Kier alpha value is -0.900. The lowest BCUT2D eigenvalue weighted by molar-refractivity contribution is 0.0952. The number of halogens is 1. The molecule has 0 unspecified atom stereocenters. The highest BCUT2D eigenvalue weighted by molar-refractivity contribution is 9.10. The van der Waals surface area contributed by atoms with Crippen molar-refractivity contribution >= 4 is 21.8 Å². The fraction of sp³-hybridized carbons (Fsp3) is 0.571. The summed E-state index contributed by atoms with van der Waals surface area (Å²) in [7, 11) is 0. The summed E-state index contributed by atoms with van der Waals surface area (Å²) in [5, 5.41) is 2.93. The molecular weight excluding hydrogens is 292 g/mol. The predicted molar refractivity (Wildman–Crippen MR) is 77.6 cm³/mol. The maximum Gasteiger partial charge on any atom is 0.251 e. The van der Waals surface area contributed by atoms with Crippen molar-refractivity contribution in [3.8, 4) is 0 Å². The average molecular weight is 313 g/mol. The summed E-state index contributed by atoms with van der Waals surface area (Å²) in [5.74, 6) is -0.0216. The molecule has 0 saturated heterocycles. The summed E-state index contributed by atoms with van der Waals surface area (Å²) in [6, 6.07) is 3.46. The molecule has 1 aromatic heterocycles. The maximum absolute atomic E-state index is 11.8. The summed E-state index contributed by atoms with van der Waals surface area (Å²) in [4.78, 5) is 15.8. The highest BCUT2D eigenvalue weighted by atomic mass is 79.9. The first-order chi connectivity index (χ1) is 8.74. The molecular formula is C14H21BrN2O. The maximum atomic E-state index is 11.8. The van der Waals surface area contributed by atoms with Crippen LogP contribution in [0.4, 0.5) is 0 Å². The third-order valence-electron chi connectivity index (χ3n) is 2.80. The van der Waals surface area contributed by atoms with Crippen molar-refractivity contribution in [3.05, 3.63) is 28.5 Å². The predicted octanol–water partition coefficient (Wildman–Crippen LogP) is 3.93. The number of amides is 1. The number of pyridine rings is 1. The van der Waals surface area contributed by atoms with Gasteiger partial charge >= 0.3 is 0 Å². The van der Waals surface area contributed by atoms with E-state index in [9.17, 15) is 4.79 Å². The number of hydrogen-bond donors (Lipinski definition) is 1. The van der Waals surface area contributed by atoms with Gasteiger partial charge in [0.05, 0.1) is 0 Å². The van der Waals surface area contributed by atoms with E-state index < -0.39 is 0 Å². The van der Waals surface area contributed by atoms with E-state index in [1.807, 2.05) is 0 Å². The van der Waals surface area contributed by atoms with Crippen LogP contribution < -0.4 is 5.32 Å². The molecule has 0 aromatic carbocycles. The molecule has 100 valence electrons. The minimum atomic E-state index is -0.0216. The summed E-state index contributed by atoms with van der Waals surface area (Å²) in [5.41, 5.74) is 0.655. The van der Waals surface area contributed by atoms with Crippen LogP contribution in [-0.2, 0) is 0 Å². The summed E-state index contributed by atoms with van der Waals surface area (Å²) in [6.45, 7) is 2.97. The third kappa shape index (κ3) is 6.15. The van der Waals surface area contributed by atoms with Gasteiger partial charge in [-0.25, -0.2) is 4.98 Å². The Morgan fingerprint density at radius 3 is 2.72 bits per heavy atom. The van der Waals surface area contributed by atoms with Crippen molar-refractivity contribution in [2.45, 2.75) is 45.4 Å². The Labute approximate surface area is 118 Å². The number of carbonyl (C=O) groups is 1. The van der Waals surface area contributed by atoms with Crippen LogP contribution in [0.25, 0.3) is 0 Å². The molecule has 4 heteroatoms. The van der Waals surface area contributed by atoms with Crippen LogP contribution in [0.15, 0.2) is 22.9 Å². The Balaban J connectivity index is 2.14. The normalized spacial score (nSPS) is 10.3. The molecule has 1 aromatic rings. The zero-order valence-corrected chi connectivity index (χ0v) is 12.5. The van der Waals surface area contributed by atoms with Crippen LogP contribution in [0, 0.1) is 0 Å². The number of unbranched alkanes of at least 4 members (excludes halogenated alkanes) is 5. The third-order valence-corrected chi connectivity index (χ3v) is 3.24. The molecule has 0 spiro atoms. The van der Waals surface area contributed by atoms with E-state index in [1.165, 1.54) is 32.1 Å². The molecule has 1 N–H and O–H groups in total. The molecule has 18 heavy (non-hydrogen) atoms. The van der Waals surface area contributed by atoms with E-state index in [4.69, 9.17) is 0 Å². The van der Waals surface area contributed by atoms with E-state index in [0.717, 1.165) is 13.0 Å². The van der Waals surface area contributed by atoms with Crippen LogP contribution in [0.2, 0.25) is 0 Å². The van der Waals surface area contributed by atoms with Gasteiger partial charge in [0.1, 0.15) is 4.60 Å². The monoisotopic (exact) mass is 312 g/mol. The van der Waals surface area contributed by atoms with Gasteiger partial charge in [-0.15, -0.1) is 0 Å². The molecule has 3 nitrogen and oxygen atoms in total. The second-order valence-corrected chi connectivity index (χ2v) is 5.20. The van der Waals surface area contributed by atoms with Gasteiger partial charge in [0, 0.05) is 18.3 Å². The molecule has 1 amide bonds. The molecule has 0 saturated carbocycles. The van der Waals surface area contributed by atoms with Crippen LogP contribution in [0.5, 0.6) is 0 Å². The second kappa shape index (κ2) is 9.09. The van der Waals surface area contributed by atoms with E-state index >= 15 is 0 Å². The molecule has 0 atom stereocenters. The zero-order chi connectivity index (χ0) is 13.2. The second-order valence-electron chi connectivity index (χ2n) is 4.39. The van der Waals surface area contributed by atoms with Crippen molar-refractivity contribution < 1.29 is 4.79 Å². The lowest BCUT2D eigenvalue weighted by atomic mass is 10.1. The van der Waals surface area contributed by atoms with Gasteiger partial charge in [-0.05, 0) is 34.5 Å². The highest BCUT2D eigenvalue weighted by Crippen LogP contribution is 2.08. The first kappa shape index (κ1) is 15.2. The topological polar surface area (TPSA) is 42.0 Å². The summed E-state index contributed by atoms with van der Waals surface area (Å²) < 4.78 is 0.690. The largest absolute Gasteiger partial charge is 0.352 e. The van der Waals surface area contributed by atoms with Crippen LogP contribution in [0.3, 0.4) is 0 Å². The molecule has 0 aliphatic carbocycles. The smallest absolute Gasteiger partial charge is 0.251 e. The van der Waals surface area contributed by atoms with Crippen molar-refractivity contribution in [1.29, 1.82) is 0 Å². The molecule has 0 aliphatic heterocycles.